The fourth-order valence-electron chi connectivity index (χ4n) is 1.48. The molecule has 21 heavy (non-hydrogen) atoms. The number of hydrogen-bond acceptors (Lipinski definition) is 7. The maximum atomic E-state index is 12.0. The van der Waals surface area contributed by atoms with Crippen LogP contribution < -0.4 is 0 Å². The second kappa shape index (κ2) is 6.65. The third-order valence-corrected chi connectivity index (χ3v) is 3.91. The molecule has 2 aromatic rings. The van der Waals surface area contributed by atoms with Gasteiger partial charge in [0, 0.05) is 11.1 Å². The first kappa shape index (κ1) is 15.4. The SMILES string of the molecule is Cc1csc(C(C#N)C(=O)COC(=O)c2ccc(Br)o2)n1. The van der Waals surface area contributed by atoms with Crippen molar-refractivity contribution in [2.45, 2.75) is 12.8 Å². The Labute approximate surface area is 132 Å². The van der Waals surface area contributed by atoms with Gasteiger partial charge in [-0.1, -0.05) is 0 Å². The van der Waals surface area contributed by atoms with Gasteiger partial charge in [0.05, 0.1) is 6.07 Å². The quantitative estimate of drug-likeness (QED) is 0.753. The number of furan rings is 1. The molecule has 2 aromatic heterocycles. The van der Waals surface area contributed by atoms with Crippen molar-refractivity contribution in [1.82, 2.24) is 4.98 Å². The zero-order chi connectivity index (χ0) is 15.4. The molecule has 0 aromatic carbocycles. The topological polar surface area (TPSA) is 93.2 Å². The molecule has 1 atom stereocenters. The van der Waals surface area contributed by atoms with Crippen LogP contribution in [0.3, 0.4) is 0 Å². The highest BCUT2D eigenvalue weighted by Crippen LogP contribution is 2.21. The lowest BCUT2D eigenvalue weighted by atomic mass is 10.1. The van der Waals surface area contributed by atoms with Crippen LogP contribution >= 0.6 is 27.3 Å². The van der Waals surface area contributed by atoms with Gasteiger partial charge in [-0.05, 0) is 35.0 Å². The molecule has 0 aliphatic heterocycles. The molecule has 0 saturated carbocycles. The van der Waals surface area contributed by atoms with Crippen LogP contribution in [0, 0.1) is 18.3 Å². The number of ketones is 1. The first-order chi connectivity index (χ1) is 10.0. The van der Waals surface area contributed by atoms with Gasteiger partial charge in [-0.2, -0.15) is 5.26 Å². The number of ether oxygens (including phenoxy) is 1. The van der Waals surface area contributed by atoms with Gasteiger partial charge in [0.15, 0.2) is 23.0 Å². The second-order valence-corrected chi connectivity index (χ2v) is 5.71. The first-order valence-electron chi connectivity index (χ1n) is 5.78. The van der Waals surface area contributed by atoms with E-state index in [9.17, 15) is 9.59 Å². The Morgan fingerprint density at radius 1 is 1.57 bits per heavy atom. The van der Waals surface area contributed by atoms with Crippen molar-refractivity contribution in [2.24, 2.45) is 0 Å². The zero-order valence-electron chi connectivity index (χ0n) is 10.8. The fraction of sp³-hybridized carbons (Fsp3) is 0.231. The number of halogens is 1. The number of rotatable bonds is 5. The Morgan fingerprint density at radius 3 is 2.86 bits per heavy atom. The number of hydrogen-bond donors (Lipinski definition) is 0. The van der Waals surface area contributed by atoms with Crippen LogP contribution in [0.4, 0.5) is 0 Å². The molecule has 0 N–H and O–H groups in total. The lowest BCUT2D eigenvalue weighted by Gasteiger charge is -2.05. The van der Waals surface area contributed by atoms with Gasteiger partial charge in [0.2, 0.25) is 5.76 Å². The average Bonchev–Trinajstić information content (AvgIpc) is 3.06. The maximum Gasteiger partial charge on any atom is 0.374 e. The summed E-state index contributed by atoms with van der Waals surface area (Å²) in [4.78, 5) is 27.7. The predicted octanol–water partition coefficient (Wildman–Crippen LogP) is 2.84. The van der Waals surface area contributed by atoms with Crippen molar-refractivity contribution >= 4 is 39.0 Å². The molecule has 8 heteroatoms. The molecule has 0 radical (unpaired) electrons. The van der Waals surface area contributed by atoms with Gasteiger partial charge in [0.25, 0.3) is 0 Å². The Morgan fingerprint density at radius 2 is 2.33 bits per heavy atom. The minimum absolute atomic E-state index is 0.0201. The molecule has 2 rings (SSSR count). The maximum absolute atomic E-state index is 12.0. The van der Waals surface area contributed by atoms with E-state index >= 15 is 0 Å². The second-order valence-electron chi connectivity index (χ2n) is 4.04. The normalized spacial score (nSPS) is 11.7. The van der Waals surface area contributed by atoms with E-state index in [2.05, 4.69) is 20.9 Å². The smallest absolute Gasteiger partial charge is 0.374 e. The lowest BCUT2D eigenvalue weighted by Crippen LogP contribution is -2.19. The van der Waals surface area contributed by atoms with E-state index in [1.807, 2.05) is 6.07 Å². The molecule has 0 fully saturated rings. The number of nitrogens with zero attached hydrogens (tertiary/aromatic N) is 2. The standard InChI is InChI=1S/C13H9BrN2O4S/c1-7-6-21-12(16-7)8(4-15)9(17)5-19-13(18)10-2-3-11(14)20-10/h2-3,6,8H,5H2,1H3. The summed E-state index contributed by atoms with van der Waals surface area (Å²) in [6, 6.07) is 4.83. The minimum Gasteiger partial charge on any atom is -0.452 e. The summed E-state index contributed by atoms with van der Waals surface area (Å²) in [6.07, 6.45) is 0. The summed E-state index contributed by atoms with van der Waals surface area (Å²) in [5, 5.41) is 11.2. The van der Waals surface area contributed by atoms with Crippen LogP contribution in [-0.4, -0.2) is 23.3 Å². The first-order valence-corrected chi connectivity index (χ1v) is 7.45. The summed E-state index contributed by atoms with van der Waals surface area (Å²) >= 11 is 4.28. The van der Waals surface area contributed by atoms with Crippen molar-refractivity contribution in [3.63, 3.8) is 0 Å². The molecule has 1 unspecified atom stereocenters. The highest BCUT2D eigenvalue weighted by molar-refractivity contribution is 9.10. The van der Waals surface area contributed by atoms with Crippen LogP contribution in [0.25, 0.3) is 0 Å². The third kappa shape index (κ3) is 3.77. The van der Waals surface area contributed by atoms with Crippen LogP contribution in [0.2, 0.25) is 0 Å². The van der Waals surface area contributed by atoms with E-state index in [1.54, 1.807) is 12.3 Å². The van der Waals surface area contributed by atoms with E-state index in [-0.39, 0.29) is 5.76 Å². The number of thiazole rings is 1. The van der Waals surface area contributed by atoms with Gasteiger partial charge in [-0.3, -0.25) is 4.79 Å². The largest absolute Gasteiger partial charge is 0.452 e. The summed E-state index contributed by atoms with van der Waals surface area (Å²) in [7, 11) is 0. The van der Waals surface area contributed by atoms with Crippen molar-refractivity contribution in [3.05, 3.63) is 38.6 Å². The molecule has 2 heterocycles. The van der Waals surface area contributed by atoms with Crippen LogP contribution in [0.5, 0.6) is 0 Å². The highest BCUT2D eigenvalue weighted by atomic mass is 79.9. The van der Waals surface area contributed by atoms with E-state index in [0.717, 1.165) is 5.69 Å². The minimum atomic E-state index is -1.03. The summed E-state index contributed by atoms with van der Waals surface area (Å²) in [6.45, 7) is 1.27. The lowest BCUT2D eigenvalue weighted by molar-refractivity contribution is -0.122. The number of carbonyl (C=O) groups excluding carboxylic acids is 2. The van der Waals surface area contributed by atoms with Gasteiger partial charge < -0.3 is 9.15 Å². The Hall–Kier alpha value is -1.98. The zero-order valence-corrected chi connectivity index (χ0v) is 13.2. The molecule has 0 bridgehead atoms. The van der Waals surface area contributed by atoms with Crippen LogP contribution in [0.15, 0.2) is 26.6 Å². The number of carbonyl (C=O) groups is 2. The fourth-order valence-corrected chi connectivity index (χ4v) is 2.65. The van der Waals surface area contributed by atoms with E-state index in [1.165, 1.54) is 23.5 Å². The number of nitriles is 1. The Balaban J connectivity index is 1.97. The highest BCUT2D eigenvalue weighted by Gasteiger charge is 2.25. The number of aryl methyl sites for hydroxylation is 1. The Kier molecular flexibility index (Phi) is 4.88. The number of aromatic nitrogens is 1. The number of esters is 1. The molecular weight excluding hydrogens is 360 g/mol. The number of Topliss-reactive ketones (excluding diaryl/α,β-unsaturated/α-hetero) is 1. The molecule has 0 aliphatic rings. The molecule has 0 amide bonds. The van der Waals surface area contributed by atoms with Gasteiger partial charge >= 0.3 is 5.97 Å². The summed E-state index contributed by atoms with van der Waals surface area (Å²) in [5.41, 5.74) is 0.737. The van der Waals surface area contributed by atoms with Crippen LogP contribution in [-0.2, 0) is 9.53 Å². The average molecular weight is 369 g/mol. The molecule has 6 nitrogen and oxygen atoms in total. The molecular formula is C13H9BrN2O4S. The monoisotopic (exact) mass is 368 g/mol. The molecule has 0 aliphatic carbocycles. The van der Waals surface area contributed by atoms with E-state index in [4.69, 9.17) is 14.4 Å². The molecule has 108 valence electrons. The third-order valence-electron chi connectivity index (χ3n) is 2.45. The van der Waals surface area contributed by atoms with Crippen LogP contribution in [0.1, 0.15) is 27.2 Å². The van der Waals surface area contributed by atoms with Gasteiger partial charge in [-0.25, -0.2) is 9.78 Å². The van der Waals surface area contributed by atoms with Crippen molar-refractivity contribution in [2.75, 3.05) is 6.61 Å². The Bertz CT molecular complexity index is 716. The van der Waals surface area contributed by atoms with Crippen molar-refractivity contribution in [1.29, 1.82) is 5.26 Å². The van der Waals surface area contributed by atoms with Gasteiger partial charge in [-0.15, -0.1) is 11.3 Å². The van der Waals surface area contributed by atoms with E-state index < -0.39 is 24.3 Å². The van der Waals surface area contributed by atoms with Gasteiger partial charge in [0.1, 0.15) is 5.01 Å². The van der Waals surface area contributed by atoms with Crippen molar-refractivity contribution in [3.8, 4) is 6.07 Å². The predicted molar refractivity (Wildman–Crippen MR) is 76.9 cm³/mol. The molecule has 0 spiro atoms. The summed E-state index contributed by atoms with van der Waals surface area (Å²) < 4.78 is 10.2. The van der Waals surface area contributed by atoms with E-state index in [0.29, 0.717) is 9.68 Å². The van der Waals surface area contributed by atoms with Crippen molar-refractivity contribution < 1.29 is 18.7 Å². The molecule has 0 saturated heterocycles. The summed E-state index contributed by atoms with van der Waals surface area (Å²) in [5.74, 6) is -2.33.